The second-order valence-corrected chi connectivity index (χ2v) is 7.19. The Morgan fingerprint density at radius 2 is 1.93 bits per heavy atom. The molecular weight excluding hydrogens is 424 g/mol. The molecule has 0 aliphatic heterocycles. The van der Waals surface area contributed by atoms with Crippen LogP contribution < -0.4 is 10.1 Å². The van der Waals surface area contributed by atoms with Crippen molar-refractivity contribution in [1.29, 1.82) is 0 Å². The molecule has 3 aromatic rings. The zero-order valence-corrected chi connectivity index (χ0v) is 17.5. The van der Waals surface area contributed by atoms with E-state index in [2.05, 4.69) is 21.2 Å². The van der Waals surface area contributed by atoms with Crippen LogP contribution in [-0.2, 0) is 6.54 Å². The molecule has 0 aliphatic rings. The van der Waals surface area contributed by atoms with Gasteiger partial charge in [-0.25, -0.2) is 4.79 Å². The van der Waals surface area contributed by atoms with E-state index in [1.165, 1.54) is 6.07 Å². The summed E-state index contributed by atoms with van der Waals surface area (Å²) < 4.78 is 8.14. The van der Waals surface area contributed by atoms with Crippen molar-refractivity contribution >= 4 is 44.4 Å². The summed E-state index contributed by atoms with van der Waals surface area (Å²) in [4.78, 5) is 24.6. The molecule has 28 heavy (non-hydrogen) atoms. The van der Waals surface area contributed by atoms with Gasteiger partial charge in [-0.3, -0.25) is 4.79 Å². The van der Waals surface area contributed by atoms with E-state index in [-0.39, 0.29) is 17.2 Å². The van der Waals surface area contributed by atoms with E-state index < -0.39 is 5.97 Å². The van der Waals surface area contributed by atoms with E-state index in [1.807, 2.05) is 43.5 Å². The number of aromatic nitrogens is 1. The SMILES string of the molecule is CCOc1ccc2c(c1)c(C)c(C(=O)Nc1ccc(Br)cc1C(=O)O)n2CC. The fourth-order valence-electron chi connectivity index (χ4n) is 3.36. The number of carboxylic acid groups (broad SMARTS) is 1. The molecule has 2 aromatic carbocycles. The Labute approximate surface area is 171 Å². The van der Waals surface area contributed by atoms with Gasteiger partial charge in [0.05, 0.1) is 17.9 Å². The average molecular weight is 445 g/mol. The van der Waals surface area contributed by atoms with Gasteiger partial charge < -0.3 is 19.7 Å². The highest BCUT2D eigenvalue weighted by molar-refractivity contribution is 9.10. The number of nitrogens with one attached hydrogen (secondary N) is 1. The lowest BCUT2D eigenvalue weighted by Crippen LogP contribution is -2.19. The van der Waals surface area contributed by atoms with Gasteiger partial charge in [-0.05, 0) is 62.7 Å². The number of hydrogen-bond acceptors (Lipinski definition) is 3. The van der Waals surface area contributed by atoms with Crippen LogP contribution in [0.25, 0.3) is 10.9 Å². The van der Waals surface area contributed by atoms with Crippen LogP contribution >= 0.6 is 15.9 Å². The number of hydrogen-bond donors (Lipinski definition) is 2. The number of carbonyl (C=O) groups excluding carboxylic acids is 1. The van der Waals surface area contributed by atoms with Gasteiger partial charge in [-0.15, -0.1) is 0 Å². The van der Waals surface area contributed by atoms with Gasteiger partial charge in [0.15, 0.2) is 0 Å². The molecule has 1 aromatic heterocycles. The number of fused-ring (bicyclic) bond motifs is 1. The van der Waals surface area contributed by atoms with Crippen LogP contribution in [0, 0.1) is 6.92 Å². The molecule has 1 amide bonds. The van der Waals surface area contributed by atoms with E-state index in [1.54, 1.807) is 12.1 Å². The topological polar surface area (TPSA) is 80.6 Å². The zero-order chi connectivity index (χ0) is 20.4. The maximum atomic E-state index is 13.1. The fourth-order valence-corrected chi connectivity index (χ4v) is 3.72. The van der Waals surface area contributed by atoms with Crippen LogP contribution in [-0.4, -0.2) is 28.2 Å². The lowest BCUT2D eigenvalue weighted by Gasteiger charge is -2.12. The lowest BCUT2D eigenvalue weighted by molar-refractivity contribution is 0.0698. The molecular formula is C21H21BrN2O4. The number of halogens is 1. The summed E-state index contributed by atoms with van der Waals surface area (Å²) >= 11 is 3.26. The second kappa shape index (κ2) is 8.06. The number of amides is 1. The van der Waals surface area contributed by atoms with Crippen LogP contribution in [0.4, 0.5) is 5.69 Å². The molecule has 0 spiro atoms. The van der Waals surface area contributed by atoms with E-state index in [9.17, 15) is 14.7 Å². The molecule has 2 N–H and O–H groups in total. The number of benzene rings is 2. The number of nitrogens with zero attached hydrogens (tertiary/aromatic N) is 1. The summed E-state index contributed by atoms with van der Waals surface area (Å²) in [6, 6.07) is 10.5. The van der Waals surface area contributed by atoms with Crippen molar-refractivity contribution in [1.82, 2.24) is 4.57 Å². The molecule has 0 radical (unpaired) electrons. The molecule has 0 bridgehead atoms. The first-order valence-electron chi connectivity index (χ1n) is 8.97. The van der Waals surface area contributed by atoms with Crippen molar-refractivity contribution in [3.63, 3.8) is 0 Å². The molecule has 6 nitrogen and oxygen atoms in total. The number of carboxylic acids is 1. The quantitative estimate of drug-likeness (QED) is 0.555. The molecule has 0 atom stereocenters. The Hall–Kier alpha value is -2.80. The van der Waals surface area contributed by atoms with E-state index in [4.69, 9.17) is 4.74 Å². The lowest BCUT2D eigenvalue weighted by atomic mass is 10.1. The number of carbonyl (C=O) groups is 2. The summed E-state index contributed by atoms with van der Waals surface area (Å²) in [6.45, 7) is 6.94. The third-order valence-corrected chi connectivity index (χ3v) is 5.08. The minimum absolute atomic E-state index is 0.0261. The molecule has 146 valence electrons. The van der Waals surface area contributed by atoms with Crippen molar-refractivity contribution in [3.8, 4) is 5.75 Å². The first kappa shape index (κ1) is 19.9. The minimum Gasteiger partial charge on any atom is -0.494 e. The van der Waals surface area contributed by atoms with Gasteiger partial charge in [0.25, 0.3) is 5.91 Å². The Morgan fingerprint density at radius 1 is 1.18 bits per heavy atom. The van der Waals surface area contributed by atoms with Crippen LogP contribution in [0.5, 0.6) is 5.75 Å². The molecule has 1 heterocycles. The maximum Gasteiger partial charge on any atom is 0.337 e. The van der Waals surface area contributed by atoms with E-state index >= 15 is 0 Å². The number of aryl methyl sites for hydroxylation is 2. The Bertz CT molecular complexity index is 1070. The molecule has 7 heteroatoms. The molecule has 0 saturated heterocycles. The maximum absolute atomic E-state index is 13.1. The van der Waals surface area contributed by atoms with Crippen molar-refractivity contribution in [2.75, 3.05) is 11.9 Å². The predicted octanol–water partition coefficient (Wildman–Crippen LogP) is 5.08. The standard InChI is InChI=1S/C21H21BrN2O4/c1-4-24-18-9-7-14(28-5-2)11-15(18)12(3)19(24)20(25)23-17-8-6-13(22)10-16(17)21(26)27/h6-11H,4-5H2,1-3H3,(H,23,25)(H,26,27). The fraction of sp³-hybridized carbons (Fsp3) is 0.238. The van der Waals surface area contributed by atoms with Gasteiger partial charge >= 0.3 is 5.97 Å². The van der Waals surface area contributed by atoms with Crippen LogP contribution in [0.2, 0.25) is 0 Å². The summed E-state index contributed by atoms with van der Waals surface area (Å²) in [5.74, 6) is -0.705. The van der Waals surface area contributed by atoms with Crippen molar-refractivity contribution in [3.05, 3.63) is 57.7 Å². The monoisotopic (exact) mass is 444 g/mol. The van der Waals surface area contributed by atoms with Gasteiger partial charge in [0.2, 0.25) is 0 Å². The highest BCUT2D eigenvalue weighted by Crippen LogP contribution is 2.30. The van der Waals surface area contributed by atoms with Crippen molar-refractivity contribution < 1.29 is 19.4 Å². The third kappa shape index (κ3) is 3.62. The van der Waals surface area contributed by atoms with E-state index in [0.717, 1.165) is 22.2 Å². The molecule has 0 aliphatic carbocycles. The first-order valence-corrected chi connectivity index (χ1v) is 9.76. The Morgan fingerprint density at radius 3 is 2.57 bits per heavy atom. The first-order chi connectivity index (χ1) is 13.4. The minimum atomic E-state index is -1.11. The number of ether oxygens (including phenoxy) is 1. The largest absolute Gasteiger partial charge is 0.494 e. The van der Waals surface area contributed by atoms with Crippen molar-refractivity contribution in [2.24, 2.45) is 0 Å². The van der Waals surface area contributed by atoms with Gasteiger partial charge in [0.1, 0.15) is 11.4 Å². The Balaban J connectivity index is 2.07. The van der Waals surface area contributed by atoms with E-state index in [0.29, 0.717) is 23.3 Å². The molecule has 3 rings (SSSR count). The average Bonchev–Trinajstić information content (AvgIpc) is 2.95. The number of aromatic carboxylic acids is 1. The predicted molar refractivity (Wildman–Crippen MR) is 113 cm³/mol. The summed E-state index contributed by atoms with van der Waals surface area (Å²) in [5.41, 5.74) is 2.54. The van der Waals surface area contributed by atoms with Gasteiger partial charge in [-0.1, -0.05) is 15.9 Å². The smallest absolute Gasteiger partial charge is 0.337 e. The second-order valence-electron chi connectivity index (χ2n) is 6.28. The summed E-state index contributed by atoms with van der Waals surface area (Å²) in [6.07, 6.45) is 0. The molecule has 0 unspecified atom stereocenters. The molecule has 0 saturated carbocycles. The highest BCUT2D eigenvalue weighted by atomic mass is 79.9. The number of anilines is 1. The van der Waals surface area contributed by atoms with Crippen LogP contribution in [0.3, 0.4) is 0 Å². The van der Waals surface area contributed by atoms with Crippen LogP contribution in [0.15, 0.2) is 40.9 Å². The zero-order valence-electron chi connectivity index (χ0n) is 15.9. The van der Waals surface area contributed by atoms with Gasteiger partial charge in [0, 0.05) is 21.9 Å². The summed E-state index contributed by atoms with van der Waals surface area (Å²) in [7, 11) is 0. The number of rotatable bonds is 6. The van der Waals surface area contributed by atoms with Crippen LogP contribution in [0.1, 0.15) is 40.3 Å². The molecule has 0 fully saturated rings. The third-order valence-electron chi connectivity index (χ3n) is 4.59. The highest BCUT2D eigenvalue weighted by Gasteiger charge is 2.22. The van der Waals surface area contributed by atoms with Gasteiger partial charge in [-0.2, -0.15) is 0 Å². The van der Waals surface area contributed by atoms with Crippen molar-refractivity contribution in [2.45, 2.75) is 27.3 Å². The Kier molecular flexibility index (Phi) is 5.74. The normalized spacial score (nSPS) is 10.9. The summed E-state index contributed by atoms with van der Waals surface area (Å²) in [5, 5.41) is 13.1.